The lowest BCUT2D eigenvalue weighted by Gasteiger charge is -1.82. The van der Waals surface area contributed by atoms with Gasteiger partial charge in [0.2, 0.25) is 0 Å². The van der Waals surface area contributed by atoms with Crippen molar-refractivity contribution in [2.45, 2.75) is 6.92 Å². The number of hydrogen-bond donors (Lipinski definition) is 0. The first kappa shape index (κ1) is 15.7. The normalized spacial score (nSPS) is 9.15. The van der Waals surface area contributed by atoms with E-state index in [0.29, 0.717) is 0 Å². The van der Waals surface area contributed by atoms with Crippen molar-refractivity contribution in [3.63, 3.8) is 0 Å². The predicted octanol–water partition coefficient (Wildman–Crippen LogP) is 3.28. The number of benzene rings is 1. The highest BCUT2D eigenvalue weighted by atomic mass is 79.9. The molecule has 0 atom stereocenters. The van der Waals surface area contributed by atoms with Crippen LogP contribution in [-0.2, 0) is 8.26 Å². The van der Waals surface area contributed by atoms with Crippen LogP contribution in [0.2, 0.25) is 0 Å². The lowest BCUT2D eigenvalue weighted by molar-refractivity contribution is 0.621. The Kier molecular flexibility index (Phi) is 9.19. The largest absolute Gasteiger partial charge is 0.317 e. The van der Waals surface area contributed by atoms with Crippen molar-refractivity contribution in [1.82, 2.24) is 0 Å². The van der Waals surface area contributed by atoms with Crippen molar-refractivity contribution in [1.29, 1.82) is 0 Å². The zero-order chi connectivity index (χ0) is 9.61. The van der Waals surface area contributed by atoms with E-state index in [-0.39, 0.29) is 17.0 Å². The molecular formula is C7H9BrCl2O2S. The van der Waals surface area contributed by atoms with E-state index in [4.69, 9.17) is 8.42 Å². The second-order valence-corrected chi connectivity index (χ2v) is 5.70. The summed E-state index contributed by atoms with van der Waals surface area (Å²) >= 11 is 0. The molecular weight excluding hydrogens is 299 g/mol. The van der Waals surface area contributed by atoms with Gasteiger partial charge >= 0.3 is 8.26 Å². The quantitative estimate of drug-likeness (QED) is 0.689. The van der Waals surface area contributed by atoms with E-state index >= 15 is 0 Å². The van der Waals surface area contributed by atoms with Crippen molar-refractivity contribution < 1.29 is 8.42 Å². The fraction of sp³-hybridized carbons (Fsp3) is 0.143. The average molecular weight is 308 g/mol. The third kappa shape index (κ3) is 18.9. The molecule has 0 bridgehead atoms. The summed E-state index contributed by atoms with van der Waals surface area (Å²) in [5.41, 5.74) is 1.32. The van der Waals surface area contributed by atoms with E-state index in [2.05, 4.69) is 40.4 Å². The van der Waals surface area contributed by atoms with Crippen LogP contribution in [0.25, 0.3) is 0 Å². The predicted molar refractivity (Wildman–Crippen MR) is 62.1 cm³/mol. The van der Waals surface area contributed by atoms with E-state index in [1.165, 1.54) is 5.56 Å². The van der Waals surface area contributed by atoms with Gasteiger partial charge in [-0.05, 0) is 6.92 Å². The Morgan fingerprint density at radius 1 is 1.08 bits per heavy atom. The molecule has 0 fully saturated rings. The number of halogens is 3. The van der Waals surface area contributed by atoms with Crippen LogP contribution in [0.15, 0.2) is 30.3 Å². The molecule has 6 heteroatoms. The SMILES string of the molecule is Br.Cc1ccccc1.O=S(=O)(Cl)Cl. The summed E-state index contributed by atoms with van der Waals surface area (Å²) in [6, 6.07) is 10.3. The van der Waals surface area contributed by atoms with Crippen LogP contribution >= 0.6 is 38.3 Å². The third-order valence-electron chi connectivity index (χ3n) is 0.940. The minimum atomic E-state index is -3.72. The first-order valence-electron chi connectivity index (χ1n) is 3.05. The van der Waals surface area contributed by atoms with E-state index in [1.807, 2.05) is 18.2 Å². The van der Waals surface area contributed by atoms with Crippen LogP contribution < -0.4 is 0 Å². The van der Waals surface area contributed by atoms with Crippen LogP contribution in [0.1, 0.15) is 5.56 Å². The molecule has 0 radical (unpaired) electrons. The highest BCUT2D eigenvalue weighted by Crippen LogP contribution is 1.98. The number of hydrogen-bond acceptors (Lipinski definition) is 2. The number of rotatable bonds is 0. The van der Waals surface area contributed by atoms with Gasteiger partial charge in [-0.3, -0.25) is 0 Å². The molecule has 0 aliphatic heterocycles. The summed E-state index contributed by atoms with van der Waals surface area (Å²) < 4.78 is 18.3. The molecule has 0 saturated carbocycles. The van der Waals surface area contributed by atoms with Crippen LogP contribution in [0, 0.1) is 6.92 Å². The monoisotopic (exact) mass is 306 g/mol. The Morgan fingerprint density at radius 2 is 1.38 bits per heavy atom. The summed E-state index contributed by atoms with van der Waals surface area (Å²) in [6.07, 6.45) is 0. The van der Waals surface area contributed by atoms with Crippen LogP contribution in [-0.4, -0.2) is 8.42 Å². The molecule has 76 valence electrons. The fourth-order valence-electron chi connectivity index (χ4n) is 0.534. The average Bonchev–Trinajstić information content (AvgIpc) is 1.85. The lowest BCUT2D eigenvalue weighted by Crippen LogP contribution is -1.63. The van der Waals surface area contributed by atoms with E-state index in [1.54, 1.807) is 0 Å². The summed E-state index contributed by atoms with van der Waals surface area (Å²) in [6.45, 7) is 2.08. The molecule has 0 amide bonds. The molecule has 13 heavy (non-hydrogen) atoms. The third-order valence-corrected chi connectivity index (χ3v) is 0.940. The van der Waals surface area contributed by atoms with Crippen molar-refractivity contribution in [2.24, 2.45) is 0 Å². The standard InChI is InChI=1S/C7H8.BrH.Cl2O2S/c1-7-5-3-2-4-6-7;;1-5(2,3)4/h2-6H,1H3;1H;. The zero-order valence-corrected chi connectivity index (χ0v) is 10.8. The van der Waals surface area contributed by atoms with Crippen molar-refractivity contribution >= 4 is 46.6 Å². The Hall–Kier alpha value is 0.230. The van der Waals surface area contributed by atoms with E-state index in [0.717, 1.165) is 0 Å². The van der Waals surface area contributed by atoms with E-state index in [9.17, 15) is 0 Å². The van der Waals surface area contributed by atoms with Crippen LogP contribution in [0.3, 0.4) is 0 Å². The van der Waals surface area contributed by atoms with Gasteiger partial charge in [-0.15, -0.1) is 17.0 Å². The molecule has 0 saturated heterocycles. The minimum absolute atomic E-state index is 0. The van der Waals surface area contributed by atoms with Gasteiger partial charge < -0.3 is 0 Å². The maximum absolute atomic E-state index is 9.16. The Labute approximate surface area is 97.6 Å². The Bertz CT molecular complexity index is 305. The molecule has 1 aromatic rings. The second kappa shape index (κ2) is 7.62. The van der Waals surface area contributed by atoms with Gasteiger partial charge in [0, 0.05) is 21.4 Å². The summed E-state index contributed by atoms with van der Waals surface area (Å²) in [5.74, 6) is 0. The molecule has 0 unspecified atom stereocenters. The summed E-state index contributed by atoms with van der Waals surface area (Å²) in [4.78, 5) is 0. The van der Waals surface area contributed by atoms with Crippen LogP contribution in [0.5, 0.6) is 0 Å². The Balaban J connectivity index is 0. The first-order chi connectivity index (χ1) is 5.39. The van der Waals surface area contributed by atoms with Gasteiger partial charge in [0.25, 0.3) is 0 Å². The molecule has 2 nitrogen and oxygen atoms in total. The van der Waals surface area contributed by atoms with E-state index < -0.39 is 8.26 Å². The zero-order valence-electron chi connectivity index (χ0n) is 6.78. The molecule has 0 aromatic heterocycles. The summed E-state index contributed by atoms with van der Waals surface area (Å²) in [5, 5.41) is 0. The molecule has 0 aliphatic carbocycles. The van der Waals surface area contributed by atoms with Gasteiger partial charge in [0.15, 0.2) is 0 Å². The molecule has 0 aliphatic rings. The molecule has 0 heterocycles. The van der Waals surface area contributed by atoms with Crippen molar-refractivity contribution in [3.8, 4) is 0 Å². The molecule has 1 rings (SSSR count). The Morgan fingerprint density at radius 3 is 1.54 bits per heavy atom. The van der Waals surface area contributed by atoms with Gasteiger partial charge in [-0.2, -0.15) is 8.42 Å². The lowest BCUT2D eigenvalue weighted by atomic mass is 10.2. The van der Waals surface area contributed by atoms with Gasteiger partial charge in [0.05, 0.1) is 0 Å². The molecule has 0 spiro atoms. The fourth-order valence-corrected chi connectivity index (χ4v) is 0.534. The van der Waals surface area contributed by atoms with Crippen molar-refractivity contribution in [3.05, 3.63) is 35.9 Å². The minimum Gasteiger partial charge on any atom is -0.195 e. The van der Waals surface area contributed by atoms with Gasteiger partial charge in [-0.1, -0.05) is 35.9 Å². The maximum atomic E-state index is 9.16. The van der Waals surface area contributed by atoms with Gasteiger partial charge in [0.1, 0.15) is 0 Å². The number of aryl methyl sites for hydroxylation is 1. The summed E-state index contributed by atoms with van der Waals surface area (Å²) in [7, 11) is 4.81. The highest BCUT2D eigenvalue weighted by Gasteiger charge is 1.88. The smallest absolute Gasteiger partial charge is 0.195 e. The molecule has 0 N–H and O–H groups in total. The second-order valence-electron chi connectivity index (χ2n) is 2.03. The van der Waals surface area contributed by atoms with Gasteiger partial charge in [-0.25, -0.2) is 0 Å². The van der Waals surface area contributed by atoms with Crippen LogP contribution in [0.4, 0.5) is 0 Å². The van der Waals surface area contributed by atoms with Crippen molar-refractivity contribution in [2.75, 3.05) is 0 Å². The first-order valence-corrected chi connectivity index (χ1v) is 6.19. The highest BCUT2D eigenvalue weighted by molar-refractivity contribution is 8.93. The molecule has 1 aromatic carbocycles. The maximum Gasteiger partial charge on any atom is 0.317 e. The topological polar surface area (TPSA) is 34.1 Å².